The van der Waals surface area contributed by atoms with E-state index in [-0.39, 0.29) is 18.0 Å². The first kappa shape index (κ1) is 15.7. The van der Waals surface area contributed by atoms with Crippen molar-refractivity contribution in [1.82, 2.24) is 24.5 Å². The molecule has 2 rings (SSSR count). The van der Waals surface area contributed by atoms with Crippen LogP contribution in [-0.2, 0) is 24.9 Å². The number of nitrogens with zero attached hydrogens (tertiary/aromatic N) is 6. The minimum atomic E-state index is -0.478. The number of hydrogen-bond acceptors (Lipinski definition) is 5. The molecule has 0 aromatic carbocycles. The maximum absolute atomic E-state index is 12.1. The number of hydrogen-bond donors (Lipinski definition) is 0. The SMILES string of the molecule is Cc1c([N+](=O)[O-])cnn1CCC(=O)N(C)Cc1ccn(C)n1. The molecule has 0 aliphatic carbocycles. The molecule has 9 nitrogen and oxygen atoms in total. The van der Waals surface area contributed by atoms with Gasteiger partial charge in [0.05, 0.1) is 23.7 Å². The smallest absolute Gasteiger partial charge is 0.309 e. The van der Waals surface area contributed by atoms with E-state index in [9.17, 15) is 14.9 Å². The van der Waals surface area contributed by atoms with Crippen LogP contribution in [0.5, 0.6) is 0 Å². The monoisotopic (exact) mass is 306 g/mol. The molecular weight excluding hydrogens is 288 g/mol. The zero-order chi connectivity index (χ0) is 16.3. The summed E-state index contributed by atoms with van der Waals surface area (Å²) in [5, 5.41) is 18.9. The van der Waals surface area contributed by atoms with Crippen molar-refractivity contribution in [1.29, 1.82) is 0 Å². The van der Waals surface area contributed by atoms with Gasteiger partial charge >= 0.3 is 5.69 Å². The van der Waals surface area contributed by atoms with E-state index >= 15 is 0 Å². The Kier molecular flexibility index (Phi) is 4.54. The zero-order valence-corrected chi connectivity index (χ0v) is 12.8. The fourth-order valence-electron chi connectivity index (χ4n) is 2.11. The number of aromatic nitrogens is 4. The molecular formula is C13H18N6O3. The maximum atomic E-state index is 12.1. The molecule has 2 heterocycles. The lowest BCUT2D eigenvalue weighted by Gasteiger charge is -2.16. The van der Waals surface area contributed by atoms with Gasteiger partial charge in [-0.3, -0.25) is 24.3 Å². The topological polar surface area (TPSA) is 99.1 Å². The van der Waals surface area contributed by atoms with Gasteiger partial charge in [-0.2, -0.15) is 10.2 Å². The van der Waals surface area contributed by atoms with E-state index in [2.05, 4.69) is 10.2 Å². The van der Waals surface area contributed by atoms with Gasteiger partial charge in [-0.25, -0.2) is 0 Å². The average molecular weight is 306 g/mol. The fourth-order valence-corrected chi connectivity index (χ4v) is 2.11. The van der Waals surface area contributed by atoms with Gasteiger partial charge in [-0.05, 0) is 13.0 Å². The highest BCUT2D eigenvalue weighted by molar-refractivity contribution is 5.75. The van der Waals surface area contributed by atoms with E-state index in [0.29, 0.717) is 18.8 Å². The van der Waals surface area contributed by atoms with E-state index < -0.39 is 4.92 Å². The average Bonchev–Trinajstić information content (AvgIpc) is 3.02. The van der Waals surface area contributed by atoms with Crippen LogP contribution >= 0.6 is 0 Å². The summed E-state index contributed by atoms with van der Waals surface area (Å²) >= 11 is 0. The van der Waals surface area contributed by atoms with Gasteiger partial charge in [0.2, 0.25) is 5.91 Å². The van der Waals surface area contributed by atoms with Crippen LogP contribution in [0, 0.1) is 17.0 Å². The molecule has 0 N–H and O–H groups in total. The Labute approximate surface area is 127 Å². The Bertz CT molecular complexity index is 690. The minimum Gasteiger partial charge on any atom is -0.340 e. The molecule has 22 heavy (non-hydrogen) atoms. The van der Waals surface area contributed by atoms with Gasteiger partial charge in [-0.1, -0.05) is 0 Å². The van der Waals surface area contributed by atoms with Crippen LogP contribution in [0.1, 0.15) is 17.8 Å². The van der Waals surface area contributed by atoms with E-state index in [1.54, 1.807) is 23.6 Å². The van der Waals surface area contributed by atoms with E-state index in [4.69, 9.17) is 0 Å². The molecule has 0 atom stereocenters. The van der Waals surface area contributed by atoms with Crippen molar-refractivity contribution >= 4 is 11.6 Å². The zero-order valence-electron chi connectivity index (χ0n) is 12.8. The third kappa shape index (κ3) is 3.48. The lowest BCUT2D eigenvalue weighted by Crippen LogP contribution is -2.27. The van der Waals surface area contributed by atoms with Crippen molar-refractivity contribution in [3.05, 3.63) is 40.0 Å². The summed E-state index contributed by atoms with van der Waals surface area (Å²) in [6.45, 7) is 2.36. The van der Waals surface area contributed by atoms with Crippen molar-refractivity contribution in [3.8, 4) is 0 Å². The Balaban J connectivity index is 1.90. The summed E-state index contributed by atoms with van der Waals surface area (Å²) in [5.41, 5.74) is 1.23. The van der Waals surface area contributed by atoms with Gasteiger partial charge in [0.15, 0.2) is 0 Å². The van der Waals surface area contributed by atoms with Crippen LogP contribution in [0.15, 0.2) is 18.5 Å². The van der Waals surface area contributed by atoms with E-state index in [0.717, 1.165) is 5.69 Å². The van der Waals surface area contributed by atoms with Crippen LogP contribution in [-0.4, -0.2) is 42.3 Å². The molecule has 2 aromatic rings. The molecule has 0 radical (unpaired) electrons. The molecule has 2 aromatic heterocycles. The molecule has 0 saturated carbocycles. The number of amides is 1. The highest BCUT2D eigenvalue weighted by Gasteiger charge is 2.17. The second-order valence-corrected chi connectivity index (χ2v) is 5.08. The summed E-state index contributed by atoms with van der Waals surface area (Å²) in [5.74, 6) is -0.0665. The quantitative estimate of drug-likeness (QED) is 0.582. The van der Waals surface area contributed by atoms with Crippen LogP contribution in [0.25, 0.3) is 0 Å². The Hall–Kier alpha value is -2.71. The van der Waals surface area contributed by atoms with Gasteiger partial charge in [0.25, 0.3) is 0 Å². The third-order valence-electron chi connectivity index (χ3n) is 3.41. The van der Waals surface area contributed by atoms with Crippen molar-refractivity contribution < 1.29 is 9.72 Å². The minimum absolute atomic E-state index is 0.0331. The van der Waals surface area contributed by atoms with E-state index in [1.807, 2.05) is 19.3 Å². The molecule has 1 amide bonds. The summed E-state index contributed by atoms with van der Waals surface area (Å²) in [7, 11) is 3.52. The van der Waals surface area contributed by atoms with Gasteiger partial charge in [0, 0.05) is 26.7 Å². The van der Waals surface area contributed by atoms with Gasteiger partial charge < -0.3 is 4.90 Å². The van der Waals surface area contributed by atoms with Crippen LogP contribution in [0.3, 0.4) is 0 Å². The second-order valence-electron chi connectivity index (χ2n) is 5.08. The molecule has 0 saturated heterocycles. The maximum Gasteiger partial charge on any atom is 0.309 e. The number of nitro groups is 1. The predicted octanol–water partition coefficient (Wildman–Crippen LogP) is 0.882. The first-order valence-electron chi connectivity index (χ1n) is 6.77. The largest absolute Gasteiger partial charge is 0.340 e. The van der Waals surface area contributed by atoms with Gasteiger partial charge in [-0.15, -0.1) is 0 Å². The van der Waals surface area contributed by atoms with Crippen molar-refractivity contribution in [2.75, 3.05) is 7.05 Å². The molecule has 118 valence electrons. The molecule has 0 aliphatic rings. The standard InChI is InChI=1S/C13H18N6O3/c1-10-12(19(21)22)8-14-18(10)7-5-13(20)16(2)9-11-4-6-17(3)15-11/h4,6,8H,5,7,9H2,1-3H3. The van der Waals surface area contributed by atoms with Crippen molar-refractivity contribution in [3.63, 3.8) is 0 Å². The number of carbonyl (C=O) groups excluding carboxylic acids is 1. The Morgan fingerprint density at radius 3 is 2.77 bits per heavy atom. The lowest BCUT2D eigenvalue weighted by molar-refractivity contribution is -0.385. The molecule has 0 unspecified atom stereocenters. The highest BCUT2D eigenvalue weighted by atomic mass is 16.6. The molecule has 0 fully saturated rings. The number of carbonyl (C=O) groups is 1. The Morgan fingerprint density at radius 1 is 1.50 bits per heavy atom. The van der Waals surface area contributed by atoms with Crippen molar-refractivity contribution in [2.45, 2.75) is 26.4 Å². The highest BCUT2D eigenvalue weighted by Crippen LogP contribution is 2.16. The summed E-state index contributed by atoms with van der Waals surface area (Å²) in [6, 6.07) is 1.85. The Morgan fingerprint density at radius 2 is 2.23 bits per heavy atom. The first-order valence-corrected chi connectivity index (χ1v) is 6.77. The van der Waals surface area contributed by atoms with E-state index in [1.165, 1.54) is 10.9 Å². The van der Waals surface area contributed by atoms with Crippen molar-refractivity contribution in [2.24, 2.45) is 7.05 Å². The second kappa shape index (κ2) is 6.37. The molecule has 0 aliphatic heterocycles. The summed E-state index contributed by atoms with van der Waals surface area (Å²) < 4.78 is 3.16. The van der Waals surface area contributed by atoms with Crippen LogP contribution < -0.4 is 0 Å². The number of rotatable bonds is 6. The van der Waals surface area contributed by atoms with Crippen LogP contribution in [0.2, 0.25) is 0 Å². The molecule has 0 bridgehead atoms. The molecule has 9 heteroatoms. The normalized spacial score (nSPS) is 10.7. The lowest BCUT2D eigenvalue weighted by atomic mass is 10.3. The summed E-state index contributed by atoms with van der Waals surface area (Å²) in [4.78, 5) is 24.0. The predicted molar refractivity (Wildman–Crippen MR) is 77.9 cm³/mol. The summed E-state index contributed by atoms with van der Waals surface area (Å²) in [6.07, 6.45) is 3.25. The van der Waals surface area contributed by atoms with Gasteiger partial charge in [0.1, 0.15) is 11.9 Å². The number of aryl methyl sites for hydroxylation is 2. The first-order chi connectivity index (χ1) is 10.4. The fraction of sp³-hybridized carbons (Fsp3) is 0.462. The van der Waals surface area contributed by atoms with Crippen LogP contribution in [0.4, 0.5) is 5.69 Å². The third-order valence-corrected chi connectivity index (χ3v) is 3.41. The molecule has 0 spiro atoms.